The highest BCUT2D eigenvalue weighted by atomic mass is 35.5. The first-order valence-corrected chi connectivity index (χ1v) is 19.1. The largest absolute Gasteiger partial charge is 0.469 e. The van der Waals surface area contributed by atoms with Gasteiger partial charge in [-0.05, 0) is 88.8 Å². The van der Waals surface area contributed by atoms with Crippen molar-refractivity contribution in [3.05, 3.63) is 58.2 Å². The van der Waals surface area contributed by atoms with Crippen LogP contribution in [0.1, 0.15) is 83.7 Å². The van der Waals surface area contributed by atoms with E-state index in [1.807, 2.05) is 0 Å². The number of benzene rings is 1. The normalized spacial score (nSPS) is 12.3. The summed E-state index contributed by atoms with van der Waals surface area (Å²) in [5.41, 5.74) is 5.14. The van der Waals surface area contributed by atoms with Gasteiger partial charge in [0.15, 0.2) is 0 Å². The van der Waals surface area contributed by atoms with E-state index in [0.29, 0.717) is 80.0 Å². The molecule has 0 spiro atoms. The number of methoxy groups -OCH3 is 1. The summed E-state index contributed by atoms with van der Waals surface area (Å²) in [6.45, 7) is 7.83. The Hall–Kier alpha value is -4.02. The first-order valence-electron chi connectivity index (χ1n) is 18.4. The Morgan fingerprint density at radius 3 is 2.22 bits per heavy atom. The maximum atomic E-state index is 13.8. The molecular formula is C38H56Cl2N6O9. The summed E-state index contributed by atoms with van der Waals surface area (Å²) in [4.78, 5) is 70.2. The van der Waals surface area contributed by atoms with Gasteiger partial charge < -0.3 is 40.6 Å². The zero-order valence-electron chi connectivity index (χ0n) is 32.2. The van der Waals surface area contributed by atoms with E-state index in [1.54, 1.807) is 57.3 Å². The van der Waals surface area contributed by atoms with Crippen molar-refractivity contribution in [2.24, 2.45) is 5.73 Å². The number of amides is 4. The Balaban J connectivity index is 2.04. The van der Waals surface area contributed by atoms with Crippen molar-refractivity contribution in [1.82, 2.24) is 20.9 Å². The quantitative estimate of drug-likeness (QED) is 0.0788. The van der Waals surface area contributed by atoms with Crippen LogP contribution >= 0.6 is 23.2 Å². The molecule has 15 nitrogen and oxygen atoms in total. The maximum Gasteiger partial charge on any atom is 0.416 e. The van der Waals surface area contributed by atoms with E-state index in [4.69, 9.17) is 47.9 Å². The molecule has 17 heteroatoms. The number of aromatic nitrogens is 1. The predicted octanol–water partition coefficient (Wildman–Crippen LogP) is 4.87. The molecule has 0 saturated heterocycles. The number of esters is 1. The molecule has 0 aliphatic carbocycles. The Bertz CT molecular complexity index is 1480. The third-order valence-corrected chi connectivity index (χ3v) is 8.22. The topological polar surface area (TPSA) is 201 Å². The van der Waals surface area contributed by atoms with Gasteiger partial charge in [0.05, 0.1) is 46.0 Å². The average Bonchev–Trinajstić information content (AvgIpc) is 3.12. The second-order valence-corrected chi connectivity index (χ2v) is 14.4. The van der Waals surface area contributed by atoms with Gasteiger partial charge in [-0.2, -0.15) is 0 Å². The van der Waals surface area contributed by atoms with Crippen LogP contribution in [0.25, 0.3) is 0 Å². The first kappa shape index (κ1) is 47.1. The molecule has 55 heavy (non-hydrogen) atoms. The number of nitrogens with two attached hydrogens (primary N) is 1. The standard InChI is InChI=1S/C38H56Cl2N6O9/c1-38(2,3)55-37(51)46(32-12-6-9-16-42-32)18-10-7-13-34(48)44-30(11-5-8-17-43-33(47)14-19-53-21-22-54-20-15-41)36(50)45-31(26-35(49)52-4)27-23-28(39)25-29(40)24-27/h6,9,12,16,23-25,30-31H,5,7-8,10-11,13-15,17-22,26,41H2,1-4H3,(H,43,47)(H,44,48)(H,45,50)/t30-,31?/m0/s1. The summed E-state index contributed by atoms with van der Waals surface area (Å²) in [7, 11) is 1.24. The van der Waals surface area contributed by atoms with Crippen LogP contribution in [-0.2, 0) is 38.1 Å². The summed E-state index contributed by atoms with van der Waals surface area (Å²) in [5, 5.41) is 9.15. The number of halogens is 2. The van der Waals surface area contributed by atoms with Crippen LogP contribution in [0.4, 0.5) is 10.6 Å². The van der Waals surface area contributed by atoms with Crippen LogP contribution in [0.5, 0.6) is 0 Å². The lowest BCUT2D eigenvalue weighted by Gasteiger charge is -2.26. The number of ether oxygens (including phenoxy) is 4. The molecule has 0 radical (unpaired) electrons. The Labute approximate surface area is 333 Å². The molecule has 2 aromatic rings. The van der Waals surface area contributed by atoms with Crippen LogP contribution < -0.4 is 26.6 Å². The predicted molar refractivity (Wildman–Crippen MR) is 210 cm³/mol. The Kier molecular flexibility index (Phi) is 22.2. The molecule has 2 atom stereocenters. The first-order chi connectivity index (χ1) is 26.2. The number of hydrogen-bond donors (Lipinski definition) is 4. The van der Waals surface area contributed by atoms with Gasteiger partial charge in [-0.15, -0.1) is 0 Å². The van der Waals surface area contributed by atoms with Gasteiger partial charge in [0.2, 0.25) is 17.7 Å². The lowest BCUT2D eigenvalue weighted by Crippen LogP contribution is -2.48. The zero-order valence-corrected chi connectivity index (χ0v) is 33.7. The van der Waals surface area contributed by atoms with Gasteiger partial charge in [-0.3, -0.25) is 24.1 Å². The van der Waals surface area contributed by atoms with Gasteiger partial charge >= 0.3 is 12.1 Å². The number of nitrogens with one attached hydrogen (secondary N) is 3. The molecule has 0 bridgehead atoms. The van der Waals surface area contributed by atoms with Crippen LogP contribution in [-0.4, -0.2) is 99.6 Å². The molecule has 0 aliphatic rings. The maximum absolute atomic E-state index is 13.8. The third-order valence-electron chi connectivity index (χ3n) is 7.78. The molecule has 1 heterocycles. The highest BCUT2D eigenvalue weighted by Crippen LogP contribution is 2.26. The molecule has 0 saturated carbocycles. The van der Waals surface area contributed by atoms with Gasteiger partial charge in [0.1, 0.15) is 17.5 Å². The van der Waals surface area contributed by atoms with Crippen molar-refractivity contribution in [3.8, 4) is 0 Å². The van der Waals surface area contributed by atoms with Crippen molar-refractivity contribution >= 4 is 58.8 Å². The molecule has 5 N–H and O–H groups in total. The van der Waals surface area contributed by atoms with Crippen LogP contribution in [0.15, 0.2) is 42.6 Å². The number of hydrogen-bond acceptors (Lipinski definition) is 11. The van der Waals surface area contributed by atoms with Crippen molar-refractivity contribution in [3.63, 3.8) is 0 Å². The van der Waals surface area contributed by atoms with E-state index < -0.39 is 35.7 Å². The fourth-order valence-corrected chi connectivity index (χ4v) is 5.67. The number of carbonyl (C=O) groups excluding carboxylic acids is 5. The molecule has 4 amide bonds. The van der Waals surface area contributed by atoms with E-state index in [-0.39, 0.29) is 50.6 Å². The molecular weight excluding hydrogens is 755 g/mol. The van der Waals surface area contributed by atoms with E-state index in [0.717, 1.165) is 0 Å². The minimum Gasteiger partial charge on any atom is -0.469 e. The van der Waals surface area contributed by atoms with E-state index in [1.165, 1.54) is 18.1 Å². The lowest BCUT2D eigenvalue weighted by molar-refractivity contribution is -0.141. The minimum atomic E-state index is -0.973. The van der Waals surface area contributed by atoms with Gasteiger partial charge in [-0.1, -0.05) is 29.3 Å². The van der Waals surface area contributed by atoms with Crippen LogP contribution in [0.2, 0.25) is 10.0 Å². The summed E-state index contributed by atoms with van der Waals surface area (Å²) in [5.74, 6) is -1.23. The number of pyridine rings is 1. The number of rotatable bonds is 25. The van der Waals surface area contributed by atoms with E-state index in [9.17, 15) is 24.0 Å². The zero-order chi connectivity index (χ0) is 40.6. The van der Waals surface area contributed by atoms with E-state index in [2.05, 4.69) is 20.9 Å². The average molecular weight is 812 g/mol. The number of carbonyl (C=O) groups is 5. The highest BCUT2D eigenvalue weighted by Gasteiger charge is 2.27. The molecule has 1 unspecified atom stereocenters. The highest BCUT2D eigenvalue weighted by molar-refractivity contribution is 6.34. The Morgan fingerprint density at radius 2 is 1.58 bits per heavy atom. The van der Waals surface area contributed by atoms with Gasteiger partial charge in [-0.25, -0.2) is 9.78 Å². The smallest absolute Gasteiger partial charge is 0.416 e. The second kappa shape index (κ2) is 25.9. The van der Waals surface area contributed by atoms with Crippen molar-refractivity contribution in [2.45, 2.75) is 89.8 Å². The Morgan fingerprint density at radius 1 is 0.873 bits per heavy atom. The molecule has 2 rings (SSSR count). The van der Waals surface area contributed by atoms with Crippen molar-refractivity contribution in [2.75, 3.05) is 58.1 Å². The minimum absolute atomic E-state index is 0.0704. The number of anilines is 1. The fraction of sp³-hybridized carbons (Fsp3) is 0.579. The fourth-order valence-electron chi connectivity index (χ4n) is 5.13. The van der Waals surface area contributed by atoms with Crippen molar-refractivity contribution in [1.29, 1.82) is 0 Å². The summed E-state index contributed by atoms with van der Waals surface area (Å²) in [6, 6.07) is 8.09. The van der Waals surface area contributed by atoms with Gasteiger partial charge in [0.25, 0.3) is 0 Å². The van der Waals surface area contributed by atoms with Crippen LogP contribution in [0, 0.1) is 0 Å². The third kappa shape index (κ3) is 20.5. The summed E-state index contributed by atoms with van der Waals surface area (Å²) >= 11 is 12.4. The number of nitrogens with zero attached hydrogens (tertiary/aromatic N) is 2. The lowest BCUT2D eigenvalue weighted by atomic mass is 10.0. The van der Waals surface area contributed by atoms with E-state index >= 15 is 0 Å². The SMILES string of the molecule is COC(=O)CC(NC(=O)[C@H](CCCCNC(=O)CCOCCOCCN)NC(=O)CCCCN(C(=O)OC(C)(C)C)c1ccccn1)c1cc(Cl)cc(Cl)c1. The molecule has 1 aromatic carbocycles. The second-order valence-electron chi connectivity index (χ2n) is 13.6. The molecule has 1 aromatic heterocycles. The van der Waals surface area contributed by atoms with Crippen LogP contribution in [0.3, 0.4) is 0 Å². The molecule has 0 fully saturated rings. The monoisotopic (exact) mass is 810 g/mol. The summed E-state index contributed by atoms with van der Waals surface area (Å²) < 4.78 is 21.0. The molecule has 0 aliphatic heterocycles. The van der Waals surface area contributed by atoms with Gasteiger partial charge in [0, 0.05) is 48.7 Å². The molecule has 306 valence electrons. The van der Waals surface area contributed by atoms with Crippen molar-refractivity contribution < 1.29 is 42.9 Å². The number of unbranched alkanes of at least 4 members (excludes halogenated alkanes) is 2. The summed E-state index contributed by atoms with van der Waals surface area (Å²) in [6.07, 6.45) is 3.17.